The van der Waals surface area contributed by atoms with Gasteiger partial charge in [0, 0.05) is 52.1 Å². The summed E-state index contributed by atoms with van der Waals surface area (Å²) in [6.45, 7) is 3.03. The molecular formula is C21H32ClFIN5O2. The molecule has 2 heterocycles. The summed E-state index contributed by atoms with van der Waals surface area (Å²) in [5.41, 5.74) is 0.811. The molecule has 2 fully saturated rings. The van der Waals surface area contributed by atoms with Crippen LogP contribution >= 0.6 is 35.6 Å². The molecule has 10 heteroatoms. The number of carbonyl (C=O) groups excluding carboxylic acids is 1. The predicted octanol–water partition coefficient (Wildman–Crippen LogP) is 2.87. The Kier molecular flexibility index (Phi) is 10.6. The first-order valence-electron chi connectivity index (χ1n) is 10.5. The Bertz CT molecular complexity index is 761. The highest BCUT2D eigenvalue weighted by Crippen LogP contribution is 2.25. The zero-order chi connectivity index (χ0) is 21.5. The van der Waals surface area contributed by atoms with E-state index in [1.165, 1.54) is 17.4 Å². The smallest absolute Gasteiger partial charge is 0.243 e. The molecule has 0 bridgehead atoms. The third-order valence-corrected chi connectivity index (χ3v) is 5.75. The van der Waals surface area contributed by atoms with Gasteiger partial charge in [-0.15, -0.1) is 24.0 Å². The fourth-order valence-corrected chi connectivity index (χ4v) is 3.72. The van der Waals surface area contributed by atoms with Gasteiger partial charge in [0.15, 0.2) is 5.96 Å². The number of nitrogens with one attached hydrogen (secondary N) is 2. The summed E-state index contributed by atoms with van der Waals surface area (Å²) in [6, 6.07) is 5.01. The van der Waals surface area contributed by atoms with Crippen molar-refractivity contribution in [2.24, 2.45) is 4.99 Å². The summed E-state index contributed by atoms with van der Waals surface area (Å²) < 4.78 is 19.6. The second-order valence-corrected chi connectivity index (χ2v) is 8.40. The molecule has 0 spiro atoms. The third-order valence-electron chi connectivity index (χ3n) is 5.44. The molecule has 7 nitrogen and oxygen atoms in total. The van der Waals surface area contributed by atoms with Gasteiger partial charge in [-0.25, -0.2) is 9.38 Å². The number of ether oxygens (including phenoxy) is 1. The van der Waals surface area contributed by atoms with Crippen LogP contribution in [0.3, 0.4) is 0 Å². The Hall–Kier alpha value is -1.33. The number of nitrogens with zero attached hydrogens (tertiary/aromatic N) is 3. The Morgan fingerprint density at radius 1 is 1.35 bits per heavy atom. The molecule has 2 saturated heterocycles. The zero-order valence-corrected chi connectivity index (χ0v) is 21.2. The molecule has 2 N–H and O–H groups in total. The maximum absolute atomic E-state index is 13.8. The van der Waals surface area contributed by atoms with E-state index < -0.39 is 5.82 Å². The second-order valence-electron chi connectivity index (χ2n) is 8.00. The number of halogens is 3. The van der Waals surface area contributed by atoms with Crippen LogP contribution in [0.1, 0.15) is 25.7 Å². The van der Waals surface area contributed by atoms with Crippen LogP contribution in [0.5, 0.6) is 0 Å². The van der Waals surface area contributed by atoms with Gasteiger partial charge in [-0.2, -0.15) is 0 Å². The molecule has 174 valence electrons. The number of rotatable bonds is 6. The first-order valence-corrected chi connectivity index (χ1v) is 10.9. The Morgan fingerprint density at radius 3 is 2.84 bits per heavy atom. The Morgan fingerprint density at radius 2 is 2.16 bits per heavy atom. The van der Waals surface area contributed by atoms with E-state index in [0.29, 0.717) is 19.0 Å². The van der Waals surface area contributed by atoms with Crippen molar-refractivity contribution in [3.8, 4) is 0 Å². The molecular weight excluding hydrogens is 536 g/mol. The van der Waals surface area contributed by atoms with E-state index in [1.54, 1.807) is 20.2 Å². The number of hydrogen-bond donors (Lipinski definition) is 2. The van der Waals surface area contributed by atoms with E-state index >= 15 is 0 Å². The van der Waals surface area contributed by atoms with Gasteiger partial charge >= 0.3 is 0 Å². The molecule has 3 rings (SSSR count). The van der Waals surface area contributed by atoms with Crippen molar-refractivity contribution in [3.63, 3.8) is 0 Å². The molecule has 0 aliphatic carbocycles. The van der Waals surface area contributed by atoms with Gasteiger partial charge in [-0.05, 0) is 43.9 Å². The maximum Gasteiger partial charge on any atom is 0.243 e. The number of carbonyl (C=O) groups is 1. The average Bonchev–Trinajstić information content (AvgIpc) is 3.21. The van der Waals surface area contributed by atoms with Gasteiger partial charge < -0.3 is 25.2 Å². The second kappa shape index (κ2) is 12.6. The van der Waals surface area contributed by atoms with Gasteiger partial charge in [0.05, 0.1) is 11.1 Å². The molecule has 2 unspecified atom stereocenters. The number of hydrogen-bond acceptors (Lipinski definition) is 4. The summed E-state index contributed by atoms with van der Waals surface area (Å²) in [6.07, 6.45) is 4.34. The van der Waals surface area contributed by atoms with Crippen molar-refractivity contribution in [3.05, 3.63) is 29.0 Å². The third kappa shape index (κ3) is 7.94. The van der Waals surface area contributed by atoms with Gasteiger partial charge in [0.2, 0.25) is 5.91 Å². The molecule has 1 amide bonds. The number of guanidine groups is 1. The first-order chi connectivity index (χ1) is 14.4. The van der Waals surface area contributed by atoms with E-state index in [4.69, 9.17) is 16.3 Å². The molecule has 1 aromatic carbocycles. The van der Waals surface area contributed by atoms with Crippen LogP contribution in [-0.4, -0.2) is 75.8 Å². The highest BCUT2D eigenvalue weighted by molar-refractivity contribution is 14.0. The van der Waals surface area contributed by atoms with Gasteiger partial charge in [0.1, 0.15) is 12.4 Å². The fourth-order valence-electron chi connectivity index (χ4n) is 3.61. The monoisotopic (exact) mass is 567 g/mol. The van der Waals surface area contributed by atoms with Crippen molar-refractivity contribution in [1.29, 1.82) is 0 Å². The molecule has 2 atom stereocenters. The van der Waals surface area contributed by atoms with Crippen molar-refractivity contribution >= 4 is 53.1 Å². The minimum atomic E-state index is -0.413. The standard InChI is InChI=1S/C21H31ClFN5O2.HI/c1-27(2)20(29)13-25-21(24-12-17-5-3-4-10-30-17)26-15-8-9-28(14-15)16-6-7-18(22)19(23)11-16;/h6-7,11,15,17H,3-5,8-10,12-14H2,1-2H3,(H2,24,25,26);1H. The van der Waals surface area contributed by atoms with E-state index in [0.717, 1.165) is 38.1 Å². The van der Waals surface area contributed by atoms with Crippen molar-refractivity contribution in [2.75, 3.05) is 51.8 Å². The number of benzene rings is 1. The van der Waals surface area contributed by atoms with Crippen LogP contribution in [0.4, 0.5) is 10.1 Å². The maximum atomic E-state index is 13.8. The lowest BCUT2D eigenvalue weighted by Crippen LogP contribution is -2.47. The normalized spacial score (nSPS) is 21.4. The average molecular weight is 568 g/mol. The van der Waals surface area contributed by atoms with Crippen LogP contribution < -0.4 is 15.5 Å². The van der Waals surface area contributed by atoms with E-state index in [2.05, 4.69) is 20.5 Å². The minimum absolute atomic E-state index is 0. The molecule has 0 radical (unpaired) electrons. The topological polar surface area (TPSA) is 69.2 Å². The largest absolute Gasteiger partial charge is 0.376 e. The van der Waals surface area contributed by atoms with E-state index in [-0.39, 0.29) is 53.6 Å². The van der Waals surface area contributed by atoms with Crippen LogP contribution in [0.25, 0.3) is 0 Å². The fraction of sp³-hybridized carbons (Fsp3) is 0.619. The lowest BCUT2D eigenvalue weighted by atomic mass is 10.1. The lowest BCUT2D eigenvalue weighted by Gasteiger charge is -2.25. The minimum Gasteiger partial charge on any atom is -0.376 e. The van der Waals surface area contributed by atoms with Gasteiger partial charge in [0.25, 0.3) is 0 Å². The number of amides is 1. The molecule has 1 aromatic rings. The Labute approximate surface area is 205 Å². The molecule has 2 aliphatic rings. The van der Waals surface area contributed by atoms with Gasteiger partial charge in [-0.3, -0.25) is 4.79 Å². The van der Waals surface area contributed by atoms with Crippen molar-refractivity contribution in [2.45, 2.75) is 37.8 Å². The quantitative estimate of drug-likeness (QED) is 0.314. The molecule has 31 heavy (non-hydrogen) atoms. The van der Waals surface area contributed by atoms with Crippen molar-refractivity contribution < 1.29 is 13.9 Å². The van der Waals surface area contributed by atoms with Crippen LogP contribution in [0.15, 0.2) is 23.2 Å². The zero-order valence-electron chi connectivity index (χ0n) is 18.1. The summed E-state index contributed by atoms with van der Waals surface area (Å²) in [4.78, 5) is 20.1. The highest BCUT2D eigenvalue weighted by atomic mass is 127. The van der Waals surface area contributed by atoms with Crippen LogP contribution in [0.2, 0.25) is 5.02 Å². The summed E-state index contributed by atoms with van der Waals surface area (Å²) in [5, 5.41) is 6.88. The van der Waals surface area contributed by atoms with E-state index in [1.807, 2.05) is 6.07 Å². The summed E-state index contributed by atoms with van der Waals surface area (Å²) in [7, 11) is 3.43. The summed E-state index contributed by atoms with van der Waals surface area (Å²) >= 11 is 5.80. The van der Waals surface area contributed by atoms with E-state index in [9.17, 15) is 9.18 Å². The number of anilines is 1. The lowest BCUT2D eigenvalue weighted by molar-refractivity contribution is -0.127. The van der Waals surface area contributed by atoms with Crippen molar-refractivity contribution in [1.82, 2.24) is 15.5 Å². The van der Waals surface area contributed by atoms with Gasteiger partial charge in [-0.1, -0.05) is 11.6 Å². The predicted molar refractivity (Wildman–Crippen MR) is 133 cm³/mol. The Balaban J connectivity index is 0.00000341. The number of aliphatic imine (C=N–C) groups is 1. The summed E-state index contributed by atoms with van der Waals surface area (Å²) in [5.74, 6) is 0.132. The van der Waals surface area contributed by atoms with Crippen LogP contribution in [-0.2, 0) is 9.53 Å². The number of likely N-dealkylation sites (N-methyl/N-ethyl adjacent to an activating group) is 1. The first kappa shape index (κ1) is 25.9. The molecule has 0 saturated carbocycles. The molecule has 2 aliphatic heterocycles. The van der Waals surface area contributed by atoms with Crippen LogP contribution in [0, 0.1) is 5.82 Å². The molecule has 0 aromatic heterocycles. The SMILES string of the molecule is CN(C)C(=O)CN=C(NCC1CCCCO1)NC1CCN(c2ccc(Cl)c(F)c2)C1.I. The highest BCUT2D eigenvalue weighted by Gasteiger charge is 2.25.